The van der Waals surface area contributed by atoms with E-state index in [0.29, 0.717) is 18.4 Å². The van der Waals surface area contributed by atoms with Crippen molar-refractivity contribution in [1.82, 2.24) is 19.9 Å². The Balaban J connectivity index is 1.39. The van der Waals surface area contributed by atoms with E-state index in [2.05, 4.69) is 44.5 Å². The fourth-order valence-electron chi connectivity index (χ4n) is 3.76. The van der Waals surface area contributed by atoms with Gasteiger partial charge in [-0.2, -0.15) is 0 Å². The maximum atomic E-state index is 12.1. The molecule has 0 spiro atoms. The van der Waals surface area contributed by atoms with E-state index in [-0.39, 0.29) is 11.2 Å². The maximum absolute atomic E-state index is 12.1. The average molecular weight is 391 g/mol. The lowest BCUT2D eigenvalue weighted by molar-refractivity contribution is 0.551. The Morgan fingerprint density at radius 3 is 2.83 bits per heavy atom. The Kier molecular flexibility index (Phi) is 5.57. The second kappa shape index (κ2) is 8.45. The van der Waals surface area contributed by atoms with Crippen molar-refractivity contribution in [3.05, 3.63) is 81.1 Å². The SMILES string of the molecule is CCn1c(=O)cc(N2CC[C@@H](NCc3cccc(-c4ccccn4)c3)C2)[nH]c1=O. The molecule has 1 aliphatic heterocycles. The standard InChI is InChI=1S/C22H25N5O2/c1-2-27-21(28)13-20(25-22(27)29)26-11-9-18(15-26)24-14-16-6-5-7-17(12-16)19-8-3-4-10-23-19/h3-8,10,12-13,18,24H,2,9,11,14-15H2,1H3,(H,25,29)/t18-/m1/s1. The van der Waals surface area contributed by atoms with Gasteiger partial charge in [0.15, 0.2) is 0 Å². The molecule has 4 rings (SSSR count). The molecule has 7 heteroatoms. The van der Waals surface area contributed by atoms with Crippen molar-refractivity contribution in [2.45, 2.75) is 32.5 Å². The van der Waals surface area contributed by atoms with Crippen LogP contribution in [-0.2, 0) is 13.1 Å². The molecule has 1 aromatic carbocycles. The van der Waals surface area contributed by atoms with Crippen LogP contribution in [0, 0.1) is 0 Å². The van der Waals surface area contributed by atoms with Crippen molar-refractivity contribution >= 4 is 5.82 Å². The summed E-state index contributed by atoms with van der Waals surface area (Å²) >= 11 is 0. The molecule has 3 heterocycles. The minimum absolute atomic E-state index is 0.256. The highest BCUT2D eigenvalue weighted by Gasteiger charge is 2.23. The van der Waals surface area contributed by atoms with Gasteiger partial charge in [0.25, 0.3) is 5.56 Å². The first-order valence-electron chi connectivity index (χ1n) is 9.97. The second-order valence-corrected chi connectivity index (χ2v) is 7.27. The molecule has 0 bridgehead atoms. The van der Waals surface area contributed by atoms with Crippen LogP contribution in [0.4, 0.5) is 5.82 Å². The zero-order chi connectivity index (χ0) is 20.2. The summed E-state index contributed by atoms with van der Waals surface area (Å²) < 4.78 is 1.20. The molecule has 1 aliphatic rings. The van der Waals surface area contributed by atoms with Gasteiger partial charge in [-0.25, -0.2) is 4.79 Å². The van der Waals surface area contributed by atoms with Gasteiger partial charge in [-0.05, 0) is 37.1 Å². The molecule has 29 heavy (non-hydrogen) atoms. The van der Waals surface area contributed by atoms with Crippen LogP contribution in [0.15, 0.2) is 64.3 Å². The van der Waals surface area contributed by atoms with Gasteiger partial charge >= 0.3 is 5.69 Å². The molecular weight excluding hydrogens is 366 g/mol. The summed E-state index contributed by atoms with van der Waals surface area (Å²) in [6, 6.07) is 16.1. The molecule has 1 fully saturated rings. The Labute approximate surface area is 169 Å². The number of nitrogens with one attached hydrogen (secondary N) is 2. The molecule has 1 atom stereocenters. The Hall–Kier alpha value is -3.19. The summed E-state index contributed by atoms with van der Waals surface area (Å²) in [5, 5.41) is 3.59. The summed E-state index contributed by atoms with van der Waals surface area (Å²) in [6.07, 6.45) is 2.76. The van der Waals surface area contributed by atoms with Gasteiger partial charge in [-0.3, -0.25) is 19.3 Å². The van der Waals surface area contributed by atoms with Crippen LogP contribution < -0.4 is 21.5 Å². The van der Waals surface area contributed by atoms with E-state index in [1.807, 2.05) is 18.2 Å². The zero-order valence-corrected chi connectivity index (χ0v) is 16.5. The van der Waals surface area contributed by atoms with Crippen molar-refractivity contribution < 1.29 is 0 Å². The first-order valence-corrected chi connectivity index (χ1v) is 9.97. The molecule has 3 aromatic rings. The lowest BCUT2D eigenvalue weighted by Crippen LogP contribution is -2.37. The minimum atomic E-state index is -0.349. The largest absolute Gasteiger partial charge is 0.356 e. The number of aromatic amines is 1. The van der Waals surface area contributed by atoms with E-state index >= 15 is 0 Å². The number of H-pyrrole nitrogens is 1. The van der Waals surface area contributed by atoms with Gasteiger partial charge < -0.3 is 10.2 Å². The van der Waals surface area contributed by atoms with E-state index in [4.69, 9.17) is 0 Å². The Morgan fingerprint density at radius 1 is 1.17 bits per heavy atom. The predicted molar refractivity (Wildman–Crippen MR) is 114 cm³/mol. The molecule has 7 nitrogen and oxygen atoms in total. The molecule has 150 valence electrons. The van der Waals surface area contributed by atoms with Crippen molar-refractivity contribution in [3.8, 4) is 11.3 Å². The fourth-order valence-corrected chi connectivity index (χ4v) is 3.76. The third kappa shape index (κ3) is 4.30. The summed E-state index contributed by atoms with van der Waals surface area (Å²) in [5.41, 5.74) is 2.66. The van der Waals surface area contributed by atoms with E-state index in [0.717, 1.165) is 37.3 Å². The minimum Gasteiger partial charge on any atom is -0.356 e. The van der Waals surface area contributed by atoms with E-state index in [1.165, 1.54) is 16.2 Å². The normalized spacial score (nSPS) is 16.3. The quantitative estimate of drug-likeness (QED) is 0.671. The molecule has 0 amide bonds. The second-order valence-electron chi connectivity index (χ2n) is 7.27. The lowest BCUT2D eigenvalue weighted by Gasteiger charge is -2.19. The van der Waals surface area contributed by atoms with Crippen LogP contribution in [0.25, 0.3) is 11.3 Å². The number of nitrogens with zero attached hydrogens (tertiary/aromatic N) is 3. The maximum Gasteiger partial charge on any atom is 0.329 e. The van der Waals surface area contributed by atoms with Crippen LogP contribution in [0.2, 0.25) is 0 Å². The molecule has 0 aliphatic carbocycles. The fraction of sp³-hybridized carbons (Fsp3) is 0.318. The van der Waals surface area contributed by atoms with Crippen LogP contribution in [0.1, 0.15) is 18.9 Å². The van der Waals surface area contributed by atoms with E-state index in [1.54, 1.807) is 13.1 Å². The Morgan fingerprint density at radius 2 is 2.07 bits per heavy atom. The van der Waals surface area contributed by atoms with E-state index < -0.39 is 0 Å². The molecule has 0 unspecified atom stereocenters. The highest BCUT2D eigenvalue weighted by molar-refractivity contribution is 5.59. The number of hydrogen-bond acceptors (Lipinski definition) is 5. The van der Waals surface area contributed by atoms with Crippen molar-refractivity contribution in [3.63, 3.8) is 0 Å². The first kappa shape index (κ1) is 19.1. The smallest absolute Gasteiger partial charge is 0.329 e. The van der Waals surface area contributed by atoms with Crippen LogP contribution in [-0.4, -0.2) is 33.7 Å². The molecule has 0 saturated carbocycles. The first-order chi connectivity index (χ1) is 14.1. The topological polar surface area (TPSA) is 83.0 Å². The predicted octanol–water partition coefficient (Wildman–Crippen LogP) is 1.99. The van der Waals surface area contributed by atoms with Gasteiger partial charge in [-0.1, -0.05) is 24.3 Å². The van der Waals surface area contributed by atoms with Gasteiger partial charge in [-0.15, -0.1) is 0 Å². The number of benzene rings is 1. The number of aromatic nitrogens is 3. The van der Waals surface area contributed by atoms with Gasteiger partial charge in [0, 0.05) is 50.0 Å². The zero-order valence-electron chi connectivity index (χ0n) is 16.5. The molecular formula is C22H25N5O2. The Bertz CT molecular complexity index is 1060. The van der Waals surface area contributed by atoms with Crippen molar-refractivity contribution in [1.29, 1.82) is 0 Å². The average Bonchev–Trinajstić information content (AvgIpc) is 3.22. The number of hydrogen-bond donors (Lipinski definition) is 2. The summed E-state index contributed by atoms with van der Waals surface area (Å²) in [5.74, 6) is 0.603. The molecule has 0 radical (unpaired) electrons. The van der Waals surface area contributed by atoms with E-state index in [9.17, 15) is 9.59 Å². The number of rotatable bonds is 6. The molecule has 2 aromatic heterocycles. The number of pyridine rings is 1. The van der Waals surface area contributed by atoms with Crippen LogP contribution in [0.3, 0.4) is 0 Å². The highest BCUT2D eigenvalue weighted by atomic mass is 16.2. The summed E-state index contributed by atoms with van der Waals surface area (Å²) in [4.78, 5) is 33.4. The van der Waals surface area contributed by atoms with Crippen LogP contribution in [0.5, 0.6) is 0 Å². The lowest BCUT2D eigenvalue weighted by atomic mass is 10.1. The van der Waals surface area contributed by atoms with Crippen molar-refractivity contribution in [2.75, 3.05) is 18.0 Å². The van der Waals surface area contributed by atoms with Gasteiger partial charge in [0.1, 0.15) is 5.82 Å². The summed E-state index contributed by atoms with van der Waals surface area (Å²) in [7, 11) is 0. The van der Waals surface area contributed by atoms with Gasteiger partial charge in [0.2, 0.25) is 0 Å². The third-order valence-corrected chi connectivity index (χ3v) is 5.33. The summed E-state index contributed by atoms with van der Waals surface area (Å²) in [6.45, 7) is 4.47. The molecule has 2 N–H and O–H groups in total. The molecule has 1 saturated heterocycles. The third-order valence-electron chi connectivity index (χ3n) is 5.33. The van der Waals surface area contributed by atoms with Crippen molar-refractivity contribution in [2.24, 2.45) is 0 Å². The van der Waals surface area contributed by atoms with Gasteiger partial charge in [0.05, 0.1) is 5.69 Å². The number of anilines is 1. The highest BCUT2D eigenvalue weighted by Crippen LogP contribution is 2.19. The van der Waals surface area contributed by atoms with Crippen LogP contribution >= 0.6 is 0 Å². The monoisotopic (exact) mass is 391 g/mol.